The number of rotatable bonds is 7. The van der Waals surface area contributed by atoms with Crippen LogP contribution < -0.4 is 0 Å². The summed E-state index contributed by atoms with van der Waals surface area (Å²) in [6, 6.07) is 16.6. The topological polar surface area (TPSA) is 43.2 Å². The third-order valence-corrected chi connectivity index (χ3v) is 5.48. The molecule has 28 heavy (non-hydrogen) atoms. The van der Waals surface area contributed by atoms with Gasteiger partial charge in [-0.1, -0.05) is 36.4 Å². The van der Waals surface area contributed by atoms with Crippen LogP contribution in [0.4, 0.5) is 0 Å². The Morgan fingerprint density at radius 2 is 1.93 bits per heavy atom. The Balaban J connectivity index is 1.62. The summed E-state index contributed by atoms with van der Waals surface area (Å²) >= 11 is 0. The van der Waals surface area contributed by atoms with Crippen molar-refractivity contribution in [3.63, 3.8) is 0 Å². The molecule has 5 nitrogen and oxygen atoms in total. The predicted molar refractivity (Wildman–Crippen MR) is 111 cm³/mol. The SMILES string of the molecule is Cc1c(CN(Cc2ccccn2)C[C@H]2CCCO2)c(-c2ccccc2)nn1C. The van der Waals surface area contributed by atoms with Crippen molar-refractivity contribution >= 4 is 0 Å². The fourth-order valence-corrected chi connectivity index (χ4v) is 3.87. The van der Waals surface area contributed by atoms with Crippen molar-refractivity contribution in [1.82, 2.24) is 19.7 Å². The van der Waals surface area contributed by atoms with E-state index in [1.54, 1.807) is 0 Å². The van der Waals surface area contributed by atoms with Crippen LogP contribution in [0.5, 0.6) is 0 Å². The minimum absolute atomic E-state index is 0.306. The third kappa shape index (κ3) is 4.32. The fraction of sp³-hybridized carbons (Fsp3) is 0.391. The molecule has 1 aliphatic rings. The molecule has 0 spiro atoms. The number of nitrogens with zero attached hydrogens (tertiary/aromatic N) is 4. The Morgan fingerprint density at radius 1 is 1.11 bits per heavy atom. The molecule has 3 heterocycles. The van der Waals surface area contributed by atoms with Gasteiger partial charge in [0.25, 0.3) is 0 Å². The van der Waals surface area contributed by atoms with Gasteiger partial charge in [-0.15, -0.1) is 0 Å². The lowest BCUT2D eigenvalue weighted by atomic mass is 10.1. The molecule has 1 aliphatic heterocycles. The van der Waals surface area contributed by atoms with E-state index in [-0.39, 0.29) is 0 Å². The number of aryl methyl sites for hydroxylation is 1. The zero-order valence-corrected chi connectivity index (χ0v) is 16.7. The first kappa shape index (κ1) is 18.8. The maximum absolute atomic E-state index is 5.93. The van der Waals surface area contributed by atoms with Gasteiger partial charge in [0.15, 0.2) is 0 Å². The lowest BCUT2D eigenvalue weighted by Crippen LogP contribution is -2.32. The van der Waals surface area contributed by atoms with Gasteiger partial charge in [0, 0.05) is 56.3 Å². The minimum Gasteiger partial charge on any atom is -0.377 e. The third-order valence-electron chi connectivity index (χ3n) is 5.48. The Labute approximate surface area is 167 Å². The van der Waals surface area contributed by atoms with Gasteiger partial charge in [-0.25, -0.2) is 0 Å². The Kier molecular flexibility index (Phi) is 5.84. The first-order chi connectivity index (χ1) is 13.7. The number of aromatic nitrogens is 3. The molecule has 0 unspecified atom stereocenters. The second kappa shape index (κ2) is 8.67. The monoisotopic (exact) mass is 376 g/mol. The second-order valence-electron chi connectivity index (χ2n) is 7.53. The summed E-state index contributed by atoms with van der Waals surface area (Å²) in [5, 5.41) is 4.82. The lowest BCUT2D eigenvalue weighted by molar-refractivity contribution is 0.0674. The van der Waals surface area contributed by atoms with Gasteiger partial charge in [-0.3, -0.25) is 14.6 Å². The maximum Gasteiger partial charge on any atom is 0.0970 e. The molecule has 0 radical (unpaired) electrons. The number of benzene rings is 1. The molecule has 5 heteroatoms. The van der Waals surface area contributed by atoms with E-state index in [0.29, 0.717) is 6.10 Å². The van der Waals surface area contributed by atoms with E-state index in [1.165, 1.54) is 11.3 Å². The van der Waals surface area contributed by atoms with E-state index < -0.39 is 0 Å². The molecule has 0 bridgehead atoms. The van der Waals surface area contributed by atoms with Gasteiger partial charge < -0.3 is 4.74 Å². The average molecular weight is 377 g/mol. The fourth-order valence-electron chi connectivity index (χ4n) is 3.87. The van der Waals surface area contributed by atoms with Crippen molar-refractivity contribution in [1.29, 1.82) is 0 Å². The van der Waals surface area contributed by atoms with Crippen LogP contribution in [0, 0.1) is 6.92 Å². The Morgan fingerprint density at radius 3 is 2.64 bits per heavy atom. The second-order valence-corrected chi connectivity index (χ2v) is 7.53. The molecule has 0 amide bonds. The van der Waals surface area contributed by atoms with Crippen LogP contribution in [0.15, 0.2) is 54.7 Å². The summed E-state index contributed by atoms with van der Waals surface area (Å²) < 4.78 is 7.92. The first-order valence-corrected chi connectivity index (χ1v) is 10.0. The summed E-state index contributed by atoms with van der Waals surface area (Å²) in [5.74, 6) is 0. The van der Waals surface area contributed by atoms with Crippen LogP contribution in [-0.2, 0) is 24.9 Å². The number of hydrogen-bond acceptors (Lipinski definition) is 4. The van der Waals surface area contributed by atoms with Gasteiger partial charge in [0.05, 0.1) is 17.5 Å². The van der Waals surface area contributed by atoms with Crippen molar-refractivity contribution < 1.29 is 4.74 Å². The molecule has 1 atom stereocenters. The number of hydrogen-bond donors (Lipinski definition) is 0. The van der Waals surface area contributed by atoms with E-state index in [1.807, 2.05) is 30.1 Å². The summed E-state index contributed by atoms with van der Waals surface area (Å²) in [5.41, 5.74) is 5.80. The van der Waals surface area contributed by atoms with Gasteiger partial charge >= 0.3 is 0 Å². The summed E-state index contributed by atoms with van der Waals surface area (Å²) in [6.45, 7) is 5.59. The van der Waals surface area contributed by atoms with E-state index >= 15 is 0 Å². The largest absolute Gasteiger partial charge is 0.377 e. The standard InChI is InChI=1S/C23H28N4O/c1-18-22(23(25-26(18)2)19-9-4-3-5-10-19)17-27(16-21-12-8-14-28-21)15-20-11-6-7-13-24-20/h3-7,9-11,13,21H,8,12,14-17H2,1-2H3/t21-/m1/s1. The van der Waals surface area contributed by atoms with Crippen LogP contribution in [-0.4, -0.2) is 38.9 Å². The number of ether oxygens (including phenoxy) is 1. The predicted octanol–water partition coefficient (Wildman–Crippen LogP) is 3.97. The first-order valence-electron chi connectivity index (χ1n) is 10.0. The van der Waals surface area contributed by atoms with Crippen molar-refractivity contribution in [2.24, 2.45) is 7.05 Å². The van der Waals surface area contributed by atoms with Crippen LogP contribution in [0.2, 0.25) is 0 Å². The van der Waals surface area contributed by atoms with Gasteiger partial charge in [0.2, 0.25) is 0 Å². The van der Waals surface area contributed by atoms with Crippen LogP contribution in [0.1, 0.15) is 29.8 Å². The smallest absolute Gasteiger partial charge is 0.0970 e. The summed E-state index contributed by atoms with van der Waals surface area (Å²) in [6.07, 6.45) is 4.46. The molecule has 1 saturated heterocycles. The van der Waals surface area contributed by atoms with E-state index in [9.17, 15) is 0 Å². The molecule has 1 fully saturated rings. The Hall–Kier alpha value is -2.50. The van der Waals surface area contributed by atoms with Gasteiger partial charge in [-0.05, 0) is 31.9 Å². The highest BCUT2D eigenvalue weighted by Crippen LogP contribution is 2.27. The van der Waals surface area contributed by atoms with Crippen molar-refractivity contribution in [3.8, 4) is 11.3 Å². The van der Waals surface area contributed by atoms with Crippen molar-refractivity contribution in [2.75, 3.05) is 13.2 Å². The number of pyridine rings is 1. The van der Waals surface area contributed by atoms with E-state index in [4.69, 9.17) is 9.84 Å². The highest BCUT2D eigenvalue weighted by molar-refractivity contribution is 5.64. The zero-order chi connectivity index (χ0) is 19.3. The minimum atomic E-state index is 0.306. The van der Waals surface area contributed by atoms with Gasteiger partial charge in [0.1, 0.15) is 0 Å². The molecular weight excluding hydrogens is 348 g/mol. The molecule has 4 rings (SSSR count). The maximum atomic E-state index is 5.93. The van der Waals surface area contributed by atoms with E-state index in [0.717, 1.165) is 56.0 Å². The summed E-state index contributed by atoms with van der Waals surface area (Å²) in [4.78, 5) is 6.99. The molecule has 1 aromatic carbocycles. The average Bonchev–Trinajstić information content (AvgIpc) is 3.33. The molecule has 0 saturated carbocycles. The van der Waals surface area contributed by atoms with Crippen molar-refractivity contribution in [3.05, 3.63) is 71.7 Å². The van der Waals surface area contributed by atoms with Crippen LogP contribution in [0.3, 0.4) is 0 Å². The van der Waals surface area contributed by atoms with Crippen molar-refractivity contribution in [2.45, 2.75) is 39.0 Å². The molecule has 146 valence electrons. The van der Waals surface area contributed by atoms with Gasteiger partial charge in [-0.2, -0.15) is 5.10 Å². The Bertz CT molecular complexity index is 886. The molecular formula is C23H28N4O. The lowest BCUT2D eigenvalue weighted by Gasteiger charge is -2.25. The molecule has 3 aromatic rings. The normalized spacial score (nSPS) is 16.8. The highest BCUT2D eigenvalue weighted by atomic mass is 16.5. The quantitative estimate of drug-likeness (QED) is 0.626. The van der Waals surface area contributed by atoms with E-state index in [2.05, 4.69) is 53.2 Å². The summed E-state index contributed by atoms with van der Waals surface area (Å²) in [7, 11) is 2.02. The molecule has 0 aliphatic carbocycles. The molecule has 2 aromatic heterocycles. The van der Waals surface area contributed by atoms with Crippen LogP contribution in [0.25, 0.3) is 11.3 Å². The highest BCUT2D eigenvalue weighted by Gasteiger charge is 2.23. The zero-order valence-electron chi connectivity index (χ0n) is 16.7. The van der Waals surface area contributed by atoms with Crippen LogP contribution >= 0.6 is 0 Å². The molecule has 0 N–H and O–H groups in total.